The smallest absolute Gasteiger partial charge is 0.0317 e. The second-order valence-electron chi connectivity index (χ2n) is 6.16. The van der Waals surface area contributed by atoms with E-state index < -0.39 is 0 Å². The third-order valence-electron chi connectivity index (χ3n) is 4.02. The van der Waals surface area contributed by atoms with Gasteiger partial charge >= 0.3 is 0 Å². The van der Waals surface area contributed by atoms with Gasteiger partial charge < -0.3 is 5.73 Å². The Kier molecular flexibility index (Phi) is 5.03. The zero-order valence-corrected chi connectivity index (χ0v) is 13.6. The number of hydrogen-bond acceptors (Lipinski definition) is 2. The van der Waals surface area contributed by atoms with Crippen molar-refractivity contribution in [3.05, 3.63) is 64.7 Å². The first-order valence-electron chi connectivity index (χ1n) is 7.60. The SMILES string of the molecule is Cc1ccc(CN(Cc2cccc(N)c2)C(C)C)cc1C. The van der Waals surface area contributed by atoms with Gasteiger partial charge in [-0.15, -0.1) is 0 Å². The number of nitrogen functional groups attached to an aromatic ring is 1. The number of aryl methyl sites for hydroxylation is 2. The molecule has 0 aromatic heterocycles. The van der Waals surface area contributed by atoms with Gasteiger partial charge in [0.25, 0.3) is 0 Å². The van der Waals surface area contributed by atoms with Crippen LogP contribution in [0.25, 0.3) is 0 Å². The minimum atomic E-state index is 0.494. The lowest BCUT2D eigenvalue weighted by Crippen LogP contribution is -2.29. The Bertz CT molecular complexity index is 602. The average molecular weight is 282 g/mol. The van der Waals surface area contributed by atoms with Crippen molar-refractivity contribution in [2.75, 3.05) is 5.73 Å². The molecule has 0 aliphatic heterocycles. The van der Waals surface area contributed by atoms with E-state index in [9.17, 15) is 0 Å². The van der Waals surface area contributed by atoms with Crippen molar-refractivity contribution in [2.45, 2.75) is 46.8 Å². The van der Waals surface area contributed by atoms with Crippen LogP contribution in [0.5, 0.6) is 0 Å². The van der Waals surface area contributed by atoms with E-state index in [0.29, 0.717) is 6.04 Å². The molecule has 0 saturated carbocycles. The van der Waals surface area contributed by atoms with Gasteiger partial charge in [0.1, 0.15) is 0 Å². The fourth-order valence-electron chi connectivity index (χ4n) is 2.48. The van der Waals surface area contributed by atoms with E-state index in [-0.39, 0.29) is 0 Å². The van der Waals surface area contributed by atoms with Crippen LogP contribution in [0.3, 0.4) is 0 Å². The summed E-state index contributed by atoms with van der Waals surface area (Å²) in [4.78, 5) is 2.47. The van der Waals surface area contributed by atoms with Gasteiger partial charge in [0.15, 0.2) is 0 Å². The zero-order chi connectivity index (χ0) is 15.4. The average Bonchev–Trinajstić information content (AvgIpc) is 2.42. The molecule has 21 heavy (non-hydrogen) atoms. The molecular weight excluding hydrogens is 256 g/mol. The van der Waals surface area contributed by atoms with Gasteiger partial charge in [-0.2, -0.15) is 0 Å². The minimum Gasteiger partial charge on any atom is -0.399 e. The molecule has 0 saturated heterocycles. The molecule has 0 aliphatic carbocycles. The lowest BCUT2D eigenvalue weighted by Gasteiger charge is -2.27. The summed E-state index contributed by atoms with van der Waals surface area (Å²) >= 11 is 0. The summed E-state index contributed by atoms with van der Waals surface area (Å²) in [7, 11) is 0. The van der Waals surface area contributed by atoms with Crippen LogP contribution in [-0.2, 0) is 13.1 Å². The Morgan fingerprint density at radius 3 is 2.14 bits per heavy atom. The van der Waals surface area contributed by atoms with Crippen LogP contribution in [0.4, 0.5) is 5.69 Å². The molecule has 2 heteroatoms. The van der Waals surface area contributed by atoms with E-state index in [1.54, 1.807) is 0 Å². The van der Waals surface area contributed by atoms with Crippen LogP contribution in [0.15, 0.2) is 42.5 Å². The highest BCUT2D eigenvalue weighted by Crippen LogP contribution is 2.17. The molecule has 2 aromatic carbocycles. The van der Waals surface area contributed by atoms with Gasteiger partial charge in [-0.3, -0.25) is 4.90 Å². The largest absolute Gasteiger partial charge is 0.399 e. The third kappa shape index (κ3) is 4.33. The van der Waals surface area contributed by atoms with Crippen molar-refractivity contribution in [1.82, 2.24) is 4.90 Å². The Morgan fingerprint density at radius 1 is 0.905 bits per heavy atom. The molecule has 2 rings (SSSR count). The second-order valence-corrected chi connectivity index (χ2v) is 6.16. The quantitative estimate of drug-likeness (QED) is 0.829. The monoisotopic (exact) mass is 282 g/mol. The molecule has 2 aromatic rings. The van der Waals surface area contributed by atoms with E-state index >= 15 is 0 Å². The highest BCUT2D eigenvalue weighted by atomic mass is 15.1. The summed E-state index contributed by atoms with van der Waals surface area (Å²) in [6.07, 6.45) is 0. The van der Waals surface area contributed by atoms with Crippen LogP contribution in [0, 0.1) is 13.8 Å². The van der Waals surface area contributed by atoms with Gasteiger partial charge in [0.05, 0.1) is 0 Å². The highest BCUT2D eigenvalue weighted by Gasteiger charge is 2.11. The van der Waals surface area contributed by atoms with E-state index in [4.69, 9.17) is 5.73 Å². The summed E-state index contributed by atoms with van der Waals surface area (Å²) < 4.78 is 0. The van der Waals surface area contributed by atoms with Gasteiger partial charge in [0.2, 0.25) is 0 Å². The lowest BCUT2D eigenvalue weighted by atomic mass is 10.1. The normalized spacial score (nSPS) is 11.3. The third-order valence-corrected chi connectivity index (χ3v) is 4.02. The van der Waals surface area contributed by atoms with Crippen LogP contribution in [0.1, 0.15) is 36.1 Å². The zero-order valence-electron chi connectivity index (χ0n) is 13.6. The van der Waals surface area contributed by atoms with E-state index in [0.717, 1.165) is 18.8 Å². The molecule has 0 bridgehead atoms. The van der Waals surface area contributed by atoms with Crippen molar-refractivity contribution in [3.8, 4) is 0 Å². The molecule has 2 N–H and O–H groups in total. The van der Waals surface area contributed by atoms with Crippen LogP contribution in [0.2, 0.25) is 0 Å². The number of anilines is 1. The predicted molar refractivity (Wildman–Crippen MR) is 91.2 cm³/mol. The maximum absolute atomic E-state index is 5.88. The van der Waals surface area contributed by atoms with Crippen LogP contribution >= 0.6 is 0 Å². The maximum Gasteiger partial charge on any atom is 0.0317 e. The molecule has 112 valence electrons. The van der Waals surface area contributed by atoms with Gasteiger partial charge in [-0.25, -0.2) is 0 Å². The molecular formula is C19H26N2. The highest BCUT2D eigenvalue weighted by molar-refractivity contribution is 5.40. The lowest BCUT2D eigenvalue weighted by molar-refractivity contribution is 0.203. The Morgan fingerprint density at radius 2 is 1.57 bits per heavy atom. The standard InChI is InChI=1S/C19H26N2/c1-14(2)21(12-17-6-5-7-19(20)11-17)13-18-9-8-15(3)16(4)10-18/h5-11,14H,12-13,20H2,1-4H3. The Labute approximate surface area is 128 Å². The fraction of sp³-hybridized carbons (Fsp3) is 0.368. The molecule has 0 atom stereocenters. The molecule has 0 amide bonds. The Hall–Kier alpha value is -1.80. The number of nitrogens with two attached hydrogens (primary N) is 1. The predicted octanol–water partition coefficient (Wildman–Crippen LogP) is 4.30. The number of rotatable bonds is 5. The van der Waals surface area contributed by atoms with Crippen molar-refractivity contribution in [1.29, 1.82) is 0 Å². The molecule has 0 aliphatic rings. The van der Waals surface area contributed by atoms with Crippen molar-refractivity contribution in [3.63, 3.8) is 0 Å². The molecule has 0 heterocycles. The van der Waals surface area contributed by atoms with Crippen LogP contribution in [-0.4, -0.2) is 10.9 Å². The second kappa shape index (κ2) is 6.77. The molecule has 0 unspecified atom stereocenters. The van der Waals surface area contributed by atoms with E-state index in [1.165, 1.54) is 22.3 Å². The topological polar surface area (TPSA) is 29.3 Å². The van der Waals surface area contributed by atoms with Gasteiger partial charge in [-0.05, 0) is 62.1 Å². The minimum absolute atomic E-state index is 0.494. The van der Waals surface area contributed by atoms with E-state index in [1.807, 2.05) is 12.1 Å². The van der Waals surface area contributed by atoms with Crippen molar-refractivity contribution >= 4 is 5.69 Å². The summed E-state index contributed by atoms with van der Waals surface area (Å²) in [6, 6.07) is 15.4. The van der Waals surface area contributed by atoms with Gasteiger partial charge in [-0.1, -0.05) is 30.3 Å². The fourth-order valence-corrected chi connectivity index (χ4v) is 2.48. The first-order valence-corrected chi connectivity index (χ1v) is 7.60. The number of nitrogens with zero attached hydrogens (tertiary/aromatic N) is 1. The van der Waals surface area contributed by atoms with Crippen molar-refractivity contribution in [2.24, 2.45) is 0 Å². The Balaban J connectivity index is 2.13. The van der Waals surface area contributed by atoms with Gasteiger partial charge in [0, 0.05) is 24.8 Å². The number of benzene rings is 2. The summed E-state index contributed by atoms with van der Waals surface area (Å²) in [5.74, 6) is 0. The summed E-state index contributed by atoms with van der Waals surface area (Å²) in [5, 5.41) is 0. The van der Waals surface area contributed by atoms with E-state index in [2.05, 4.69) is 62.9 Å². The summed E-state index contributed by atoms with van der Waals surface area (Å²) in [6.45, 7) is 10.7. The number of hydrogen-bond donors (Lipinski definition) is 1. The first-order chi connectivity index (χ1) is 9.95. The molecule has 0 fully saturated rings. The summed E-state index contributed by atoms with van der Waals surface area (Å²) in [5.41, 5.74) is 12.1. The van der Waals surface area contributed by atoms with Crippen molar-refractivity contribution < 1.29 is 0 Å². The molecule has 0 spiro atoms. The molecule has 0 radical (unpaired) electrons. The first kappa shape index (κ1) is 15.6. The molecule has 2 nitrogen and oxygen atoms in total. The van der Waals surface area contributed by atoms with Crippen LogP contribution < -0.4 is 5.73 Å². The maximum atomic E-state index is 5.88.